The number of nitrogens with one attached hydrogen (secondary N) is 2. The van der Waals surface area contributed by atoms with Crippen molar-refractivity contribution in [2.24, 2.45) is 0 Å². The summed E-state index contributed by atoms with van der Waals surface area (Å²) in [6, 6.07) is 38.7. The third kappa shape index (κ3) is 15.6. The van der Waals surface area contributed by atoms with Crippen molar-refractivity contribution in [2.75, 3.05) is 33.5 Å². The van der Waals surface area contributed by atoms with Crippen molar-refractivity contribution in [3.05, 3.63) is 167 Å². The highest BCUT2D eigenvalue weighted by molar-refractivity contribution is 5.96. The number of hydrogen-bond acceptors (Lipinski definition) is 19. The molecule has 10 rings (SSSR count). The molecule has 13 atom stereocenters. The zero-order chi connectivity index (χ0) is 61.9. The Morgan fingerprint density at radius 1 is 0.648 bits per heavy atom. The topological polar surface area (TPSA) is 272 Å². The molecule has 468 valence electrons. The minimum absolute atomic E-state index is 0.00150. The Morgan fingerprint density at radius 3 is 1.76 bits per heavy atom. The summed E-state index contributed by atoms with van der Waals surface area (Å²) in [6.07, 6.45) is -16.8. The minimum atomic E-state index is -1.79. The Kier molecular flexibility index (Phi) is 21.0. The van der Waals surface area contributed by atoms with Gasteiger partial charge in [0.25, 0.3) is 0 Å². The number of esters is 3. The lowest BCUT2D eigenvalue weighted by Gasteiger charge is -2.48. The average Bonchev–Trinajstić information content (AvgIpc) is 1.67. The number of ether oxygens (including phenoxy) is 11. The van der Waals surface area contributed by atoms with Crippen LogP contribution < -0.4 is 10.6 Å². The molecule has 4 N–H and O–H groups in total. The van der Waals surface area contributed by atoms with Gasteiger partial charge in [-0.05, 0) is 72.6 Å². The van der Waals surface area contributed by atoms with Crippen LogP contribution in [0.1, 0.15) is 80.2 Å². The van der Waals surface area contributed by atoms with Crippen molar-refractivity contribution in [1.82, 2.24) is 15.5 Å². The number of carbonyl (C=O) groups is 6. The number of aliphatic hydroxyl groups is 2. The Bertz CT molecular complexity index is 3140. The van der Waals surface area contributed by atoms with Crippen LogP contribution in [-0.4, -0.2) is 170 Å². The second-order valence-electron chi connectivity index (χ2n) is 23.3. The normalized spacial score (nSPS) is 28.1. The molecule has 4 saturated heterocycles. The molecule has 0 unspecified atom stereocenters. The predicted octanol–water partition coefficient (Wildman–Crippen LogP) is 5.55. The second-order valence-corrected chi connectivity index (χ2v) is 23.3. The number of rotatable bonds is 14. The van der Waals surface area contributed by atoms with Crippen molar-refractivity contribution in [3.63, 3.8) is 0 Å². The number of fused-ring (bicyclic) bond motifs is 8. The number of aliphatic hydroxyl groups excluding tert-OH is 2. The van der Waals surface area contributed by atoms with Crippen molar-refractivity contribution >= 4 is 35.8 Å². The highest BCUT2D eigenvalue weighted by Gasteiger charge is 2.54. The summed E-state index contributed by atoms with van der Waals surface area (Å²) in [6.45, 7) is 3.33. The van der Waals surface area contributed by atoms with E-state index >= 15 is 4.79 Å². The highest BCUT2D eigenvalue weighted by Crippen LogP contribution is 2.45. The molecule has 3 amide bonds. The van der Waals surface area contributed by atoms with Gasteiger partial charge in [0.15, 0.2) is 12.6 Å². The van der Waals surface area contributed by atoms with Gasteiger partial charge in [-0.2, -0.15) is 0 Å². The van der Waals surface area contributed by atoms with E-state index in [9.17, 15) is 34.2 Å². The van der Waals surface area contributed by atoms with Crippen LogP contribution in [0.5, 0.6) is 0 Å². The van der Waals surface area contributed by atoms with Gasteiger partial charge in [0, 0.05) is 19.6 Å². The molecule has 5 aromatic carbocycles. The SMILES string of the molecule is CO[C@H]1O[C@@H]2COC(=O)C[C@@H](C(=O)OC(C)(C)C)NC(=O)[C@@H]3CCCN3C(=O)[C@@H](NC(=O)OCC3c4ccccc4-c4ccccc43)CC(=O)OC[C@H]3O[C@@H](O[C@H]([C@@H]1O)[C@@H]2O)[C@@H](OCc1ccccc1)[C@@H](OCc1ccccc1)[C@@H]3OCc1ccccc1. The maximum absolute atomic E-state index is 15.1. The first-order chi connectivity index (χ1) is 42.5. The van der Waals surface area contributed by atoms with Crippen molar-refractivity contribution < 1.29 is 91.1 Å². The second kappa shape index (κ2) is 29.1. The van der Waals surface area contributed by atoms with Crippen molar-refractivity contribution in [3.8, 4) is 11.1 Å². The van der Waals surface area contributed by atoms with Crippen LogP contribution in [0.2, 0.25) is 0 Å². The maximum atomic E-state index is 15.1. The van der Waals surface area contributed by atoms with E-state index in [1.54, 1.807) is 20.8 Å². The van der Waals surface area contributed by atoms with Gasteiger partial charge in [0.2, 0.25) is 11.8 Å². The van der Waals surface area contributed by atoms with E-state index in [4.69, 9.17) is 52.1 Å². The van der Waals surface area contributed by atoms with Crippen molar-refractivity contribution in [1.29, 1.82) is 0 Å². The first-order valence-corrected chi connectivity index (χ1v) is 29.6. The van der Waals surface area contributed by atoms with Crippen LogP contribution in [0.15, 0.2) is 140 Å². The summed E-state index contributed by atoms with van der Waals surface area (Å²) in [4.78, 5) is 87.3. The van der Waals surface area contributed by atoms with E-state index in [2.05, 4.69) is 10.6 Å². The van der Waals surface area contributed by atoms with Gasteiger partial charge in [-0.1, -0.05) is 140 Å². The quantitative estimate of drug-likeness (QED) is 0.0784. The molecule has 5 aromatic rings. The molecule has 0 spiro atoms. The summed E-state index contributed by atoms with van der Waals surface area (Å²) >= 11 is 0. The van der Waals surface area contributed by atoms with E-state index in [1.165, 1.54) is 12.0 Å². The lowest BCUT2D eigenvalue weighted by atomic mass is 9.96. The summed E-state index contributed by atoms with van der Waals surface area (Å²) < 4.78 is 68.6. The number of nitrogens with zero attached hydrogens (tertiary/aromatic N) is 1. The molecule has 4 fully saturated rings. The van der Waals surface area contributed by atoms with Gasteiger partial charge in [-0.3, -0.25) is 19.2 Å². The molecule has 0 aromatic heterocycles. The number of amides is 3. The molecular formula is C66H75N3O19. The van der Waals surface area contributed by atoms with Crippen molar-refractivity contribution in [2.45, 2.75) is 157 Å². The van der Waals surface area contributed by atoms with E-state index in [1.807, 2.05) is 140 Å². The zero-order valence-corrected chi connectivity index (χ0v) is 49.4. The lowest BCUT2D eigenvalue weighted by molar-refractivity contribution is -0.369. The molecule has 1 aliphatic carbocycles. The number of methoxy groups -OCH3 is 1. The molecule has 22 heteroatoms. The van der Waals surface area contributed by atoms with Crippen LogP contribution >= 0.6 is 0 Å². The molecule has 5 aliphatic rings. The minimum Gasteiger partial charge on any atom is -0.463 e. The van der Waals surface area contributed by atoms with Gasteiger partial charge in [0.05, 0.1) is 32.7 Å². The van der Waals surface area contributed by atoms with Crippen LogP contribution in [0.3, 0.4) is 0 Å². The summed E-state index contributed by atoms with van der Waals surface area (Å²) in [7, 11) is 1.25. The monoisotopic (exact) mass is 1210 g/mol. The molecule has 88 heavy (non-hydrogen) atoms. The fourth-order valence-electron chi connectivity index (χ4n) is 11.7. The van der Waals surface area contributed by atoms with E-state index in [-0.39, 0.29) is 45.3 Å². The lowest BCUT2D eigenvalue weighted by Crippen LogP contribution is -2.66. The van der Waals surface area contributed by atoms with Crippen LogP contribution in [-0.2, 0) is 95.9 Å². The Morgan fingerprint density at radius 2 is 1.18 bits per heavy atom. The number of hydrogen-bond donors (Lipinski definition) is 4. The fraction of sp³-hybridized carbons (Fsp3) is 0.455. The Hall–Kier alpha value is -7.64. The molecule has 22 nitrogen and oxygen atoms in total. The zero-order valence-electron chi connectivity index (χ0n) is 49.4. The van der Waals surface area contributed by atoms with Gasteiger partial charge in [-0.25, -0.2) is 9.59 Å². The van der Waals surface area contributed by atoms with Gasteiger partial charge in [0.1, 0.15) is 92.4 Å². The number of alkyl carbamates (subject to hydrolysis) is 1. The van der Waals surface area contributed by atoms with Gasteiger partial charge < -0.3 is 77.9 Å². The highest BCUT2D eigenvalue weighted by atomic mass is 16.8. The van der Waals surface area contributed by atoms with E-state index in [0.29, 0.717) is 6.42 Å². The summed E-state index contributed by atoms with van der Waals surface area (Å²) in [5, 5.41) is 29.3. The predicted molar refractivity (Wildman–Crippen MR) is 312 cm³/mol. The molecule has 4 aliphatic heterocycles. The molecule has 4 heterocycles. The third-order valence-corrected chi connectivity index (χ3v) is 16.0. The molecular weight excluding hydrogens is 1140 g/mol. The Balaban J connectivity index is 1.01. The summed E-state index contributed by atoms with van der Waals surface area (Å²) in [5.41, 5.74) is 5.03. The van der Waals surface area contributed by atoms with Crippen LogP contribution in [0, 0.1) is 0 Å². The molecule has 0 saturated carbocycles. The number of benzene rings is 5. The number of cyclic esters (lactones) is 2. The van der Waals surface area contributed by atoms with Gasteiger partial charge in [-0.15, -0.1) is 0 Å². The third-order valence-electron chi connectivity index (χ3n) is 16.0. The first kappa shape index (κ1) is 63.4. The van der Waals surface area contributed by atoms with Gasteiger partial charge >= 0.3 is 24.0 Å². The smallest absolute Gasteiger partial charge is 0.407 e. The maximum Gasteiger partial charge on any atom is 0.407 e. The fourth-order valence-corrected chi connectivity index (χ4v) is 11.7. The van der Waals surface area contributed by atoms with Crippen LogP contribution in [0.4, 0.5) is 4.79 Å². The first-order valence-electron chi connectivity index (χ1n) is 29.6. The number of carbonyl (C=O) groups excluding carboxylic acids is 6. The van der Waals surface area contributed by atoms with E-state index in [0.717, 1.165) is 38.9 Å². The average molecular weight is 1210 g/mol. The largest absolute Gasteiger partial charge is 0.463 e. The molecule has 0 radical (unpaired) electrons. The van der Waals surface area contributed by atoms with E-state index < -0.39 is 147 Å². The standard InChI is InChI=1S/C66H75N3O19/c1-66(2,3)88-62(76)48-32-53(71)79-37-50-54(72)57(55(73)63(78-4)85-50)87-64-59(83-35-41-23-12-7-13-24-41)58(82-34-40-21-10-6-11-22-40)56(81-33-39-19-8-5-9-20-39)51(86-64)38-80-52(70)31-47(61(75)69-30-18-29-49(69)60(74)67-48)68-65(77)84-36-46-44-27-16-14-25-42(44)43-26-15-17-28-45(43)46/h5-17,19-28,46-51,54-59,63-64,72-73H,18,29-38H2,1-4H3,(H,67,74)(H,68,77)/t47-,48-,49-,50+,51+,54+,55-,56+,57-,58-,59-,63-,64-/m0/s1. The Labute approximate surface area is 509 Å². The van der Waals surface area contributed by atoms with Crippen LogP contribution in [0.25, 0.3) is 11.1 Å². The molecule has 4 bridgehead atoms. The summed E-state index contributed by atoms with van der Waals surface area (Å²) in [5.74, 6) is -5.10.